The van der Waals surface area contributed by atoms with Gasteiger partial charge in [0, 0.05) is 11.3 Å². The largest absolute Gasteiger partial charge is 0.497 e. The number of nitrogens with zero attached hydrogens (tertiary/aromatic N) is 4. The number of para-hydroxylation sites is 2. The summed E-state index contributed by atoms with van der Waals surface area (Å²) in [7, 11) is 1.61. The average Bonchev–Trinajstić information content (AvgIpc) is 3.34. The lowest BCUT2D eigenvalue weighted by Gasteiger charge is -2.10. The van der Waals surface area contributed by atoms with Gasteiger partial charge in [0.2, 0.25) is 5.89 Å². The Morgan fingerprint density at radius 3 is 2.48 bits per heavy atom. The standard InChI is InChI=1S/C23H17FN4O3/c1-30-18-12-10-17(11-13-18)28-20-5-3-2-4-19(20)25-21(28)14-27-23(29)31-22(26-27)15-6-8-16(24)9-7-15/h2-13H,14H2,1H3. The van der Waals surface area contributed by atoms with Gasteiger partial charge in [-0.1, -0.05) is 12.1 Å². The van der Waals surface area contributed by atoms with Crippen LogP contribution in [0.1, 0.15) is 5.82 Å². The molecule has 0 fully saturated rings. The molecule has 31 heavy (non-hydrogen) atoms. The van der Waals surface area contributed by atoms with Crippen molar-refractivity contribution in [1.82, 2.24) is 19.3 Å². The quantitative estimate of drug-likeness (QED) is 0.432. The summed E-state index contributed by atoms with van der Waals surface area (Å²) in [4.78, 5) is 17.1. The predicted octanol–water partition coefficient (Wildman–Crippen LogP) is 4.04. The number of methoxy groups -OCH3 is 1. The third kappa shape index (κ3) is 3.48. The van der Waals surface area contributed by atoms with E-state index in [1.165, 1.54) is 28.9 Å². The molecule has 0 radical (unpaired) electrons. The molecule has 0 aliphatic carbocycles. The van der Waals surface area contributed by atoms with Gasteiger partial charge >= 0.3 is 5.76 Å². The van der Waals surface area contributed by atoms with Gasteiger partial charge in [0.25, 0.3) is 0 Å². The Kier molecular flexibility index (Phi) is 4.59. The first kappa shape index (κ1) is 18.8. The van der Waals surface area contributed by atoms with Crippen LogP contribution in [0.15, 0.2) is 82.0 Å². The van der Waals surface area contributed by atoms with Crippen LogP contribution in [0.2, 0.25) is 0 Å². The van der Waals surface area contributed by atoms with Crippen molar-refractivity contribution >= 4 is 11.0 Å². The highest BCUT2D eigenvalue weighted by Gasteiger charge is 2.17. The van der Waals surface area contributed by atoms with Crippen molar-refractivity contribution in [3.63, 3.8) is 0 Å². The maximum Gasteiger partial charge on any atom is 0.437 e. The highest BCUT2D eigenvalue weighted by atomic mass is 19.1. The monoisotopic (exact) mass is 416 g/mol. The second kappa shape index (κ2) is 7.56. The summed E-state index contributed by atoms with van der Waals surface area (Å²) in [6.07, 6.45) is 0. The van der Waals surface area contributed by atoms with Gasteiger partial charge in [-0.05, 0) is 60.7 Å². The Hall–Kier alpha value is -4.20. The maximum absolute atomic E-state index is 13.2. The minimum Gasteiger partial charge on any atom is -0.497 e. The Balaban J connectivity index is 1.58. The molecule has 3 aromatic carbocycles. The van der Waals surface area contributed by atoms with Crippen molar-refractivity contribution < 1.29 is 13.5 Å². The van der Waals surface area contributed by atoms with Crippen LogP contribution >= 0.6 is 0 Å². The van der Waals surface area contributed by atoms with Gasteiger partial charge in [-0.2, -0.15) is 4.68 Å². The molecule has 2 heterocycles. The van der Waals surface area contributed by atoms with Crippen LogP contribution in [0, 0.1) is 5.82 Å². The average molecular weight is 416 g/mol. The lowest BCUT2D eigenvalue weighted by Crippen LogP contribution is -2.19. The molecule has 0 unspecified atom stereocenters. The SMILES string of the molecule is COc1ccc(-n2c(Cn3nc(-c4ccc(F)cc4)oc3=O)nc3ccccc32)cc1. The van der Waals surface area contributed by atoms with Crippen LogP contribution in [0.4, 0.5) is 4.39 Å². The molecule has 0 N–H and O–H groups in total. The maximum atomic E-state index is 13.2. The molecule has 0 amide bonds. The van der Waals surface area contributed by atoms with Gasteiger partial charge in [-0.25, -0.2) is 14.2 Å². The van der Waals surface area contributed by atoms with Crippen molar-refractivity contribution in [2.45, 2.75) is 6.54 Å². The lowest BCUT2D eigenvalue weighted by molar-refractivity contribution is 0.414. The lowest BCUT2D eigenvalue weighted by atomic mass is 10.2. The third-order valence-electron chi connectivity index (χ3n) is 4.95. The summed E-state index contributed by atoms with van der Waals surface area (Å²) in [6, 6.07) is 20.9. The second-order valence-corrected chi connectivity index (χ2v) is 6.89. The van der Waals surface area contributed by atoms with E-state index in [1.54, 1.807) is 7.11 Å². The Morgan fingerprint density at radius 2 is 1.74 bits per heavy atom. The summed E-state index contributed by atoms with van der Waals surface area (Å²) in [6.45, 7) is 0.101. The Labute approximate surface area is 176 Å². The molecule has 0 atom stereocenters. The molecule has 0 aliphatic heterocycles. The molecule has 0 bridgehead atoms. The van der Waals surface area contributed by atoms with Gasteiger partial charge in [-0.15, -0.1) is 5.10 Å². The topological polar surface area (TPSA) is 75.1 Å². The molecule has 0 aliphatic rings. The van der Waals surface area contributed by atoms with Crippen LogP contribution in [0.5, 0.6) is 5.75 Å². The number of halogens is 1. The van der Waals surface area contributed by atoms with Gasteiger partial charge in [0.1, 0.15) is 23.9 Å². The second-order valence-electron chi connectivity index (χ2n) is 6.89. The van der Waals surface area contributed by atoms with Gasteiger partial charge < -0.3 is 9.15 Å². The smallest absolute Gasteiger partial charge is 0.437 e. The summed E-state index contributed by atoms with van der Waals surface area (Å²) in [5.74, 6) is 0.488. The van der Waals surface area contributed by atoms with Gasteiger partial charge in [0.15, 0.2) is 0 Å². The minimum atomic E-state index is -0.618. The minimum absolute atomic E-state index is 0.101. The van der Waals surface area contributed by atoms with Crippen molar-refractivity contribution in [3.8, 4) is 22.9 Å². The van der Waals surface area contributed by atoms with E-state index < -0.39 is 5.76 Å². The predicted molar refractivity (Wildman–Crippen MR) is 113 cm³/mol. The number of fused-ring (bicyclic) bond motifs is 1. The zero-order valence-electron chi connectivity index (χ0n) is 16.5. The molecule has 5 aromatic rings. The summed E-state index contributed by atoms with van der Waals surface area (Å²) in [5.41, 5.74) is 3.09. The van der Waals surface area contributed by atoms with E-state index in [0.29, 0.717) is 11.4 Å². The molecule has 0 spiro atoms. The molecule has 0 saturated heterocycles. The summed E-state index contributed by atoms with van der Waals surface area (Å²) in [5, 5.41) is 4.28. The number of imidazole rings is 1. The molecule has 154 valence electrons. The summed E-state index contributed by atoms with van der Waals surface area (Å²) >= 11 is 0. The Bertz CT molecular complexity index is 1420. The van der Waals surface area contributed by atoms with Crippen molar-refractivity contribution in [2.75, 3.05) is 7.11 Å². The van der Waals surface area contributed by atoms with Crippen LogP contribution in [-0.4, -0.2) is 26.4 Å². The van der Waals surface area contributed by atoms with Crippen LogP contribution in [0.3, 0.4) is 0 Å². The molecular weight excluding hydrogens is 399 g/mol. The number of hydrogen-bond acceptors (Lipinski definition) is 5. The number of benzene rings is 3. The van der Waals surface area contributed by atoms with Gasteiger partial charge in [0.05, 0.1) is 18.1 Å². The molecule has 8 heteroatoms. The molecular formula is C23H17FN4O3. The van der Waals surface area contributed by atoms with Crippen LogP contribution in [0.25, 0.3) is 28.2 Å². The highest BCUT2D eigenvalue weighted by molar-refractivity contribution is 5.78. The van der Waals surface area contributed by atoms with Crippen LogP contribution in [-0.2, 0) is 6.54 Å². The van der Waals surface area contributed by atoms with E-state index in [2.05, 4.69) is 5.10 Å². The first-order chi connectivity index (χ1) is 15.1. The number of ether oxygens (including phenoxy) is 1. The summed E-state index contributed by atoms with van der Waals surface area (Å²) < 4.78 is 26.9. The van der Waals surface area contributed by atoms with Crippen molar-refractivity contribution in [3.05, 3.63) is 95.0 Å². The van der Waals surface area contributed by atoms with Crippen molar-refractivity contribution in [2.24, 2.45) is 0 Å². The Morgan fingerprint density at radius 1 is 1.00 bits per heavy atom. The van der Waals surface area contributed by atoms with E-state index in [4.69, 9.17) is 14.1 Å². The number of aromatic nitrogens is 4. The van der Waals surface area contributed by atoms with Crippen molar-refractivity contribution in [1.29, 1.82) is 0 Å². The van der Waals surface area contributed by atoms with E-state index >= 15 is 0 Å². The zero-order valence-corrected chi connectivity index (χ0v) is 16.5. The number of hydrogen-bond donors (Lipinski definition) is 0. The van der Waals surface area contributed by atoms with E-state index in [0.717, 1.165) is 22.5 Å². The van der Waals surface area contributed by atoms with Crippen LogP contribution < -0.4 is 10.5 Å². The molecule has 5 rings (SSSR count). The normalized spacial score (nSPS) is 11.2. The first-order valence-corrected chi connectivity index (χ1v) is 9.57. The zero-order chi connectivity index (χ0) is 21.4. The fraction of sp³-hybridized carbons (Fsp3) is 0.0870. The van der Waals surface area contributed by atoms with Gasteiger partial charge in [-0.3, -0.25) is 4.57 Å². The fourth-order valence-electron chi connectivity index (χ4n) is 3.45. The molecule has 2 aromatic heterocycles. The molecule has 0 saturated carbocycles. The van der Waals surface area contributed by atoms with E-state index in [9.17, 15) is 9.18 Å². The van der Waals surface area contributed by atoms with E-state index in [1.807, 2.05) is 53.1 Å². The number of rotatable bonds is 5. The third-order valence-corrected chi connectivity index (χ3v) is 4.95. The molecule has 7 nitrogen and oxygen atoms in total. The fourth-order valence-corrected chi connectivity index (χ4v) is 3.45. The first-order valence-electron chi connectivity index (χ1n) is 9.57. The van der Waals surface area contributed by atoms with E-state index in [-0.39, 0.29) is 18.3 Å². The highest BCUT2D eigenvalue weighted by Crippen LogP contribution is 2.24.